The molecule has 0 aliphatic carbocycles. The second kappa shape index (κ2) is 2.45. The number of rotatable bonds is 0. The molecular formula is C9H6BrNO. The summed E-state index contributed by atoms with van der Waals surface area (Å²) in [4.78, 5) is 11.1. The van der Waals surface area contributed by atoms with E-state index in [1.165, 1.54) is 0 Å². The first kappa shape index (κ1) is 7.55. The van der Waals surface area contributed by atoms with Crippen LogP contribution >= 0.6 is 15.9 Å². The summed E-state index contributed by atoms with van der Waals surface area (Å²) in [5.41, 5.74) is 2.26. The maximum absolute atomic E-state index is 11.1. The van der Waals surface area contributed by atoms with E-state index in [0.717, 1.165) is 15.7 Å². The summed E-state index contributed by atoms with van der Waals surface area (Å²) in [5, 5.41) is 2.72. The Balaban J connectivity index is 2.63. The van der Waals surface area contributed by atoms with Crippen molar-refractivity contribution in [1.29, 1.82) is 0 Å². The molecule has 1 heterocycles. The van der Waals surface area contributed by atoms with Gasteiger partial charge in [0.1, 0.15) is 0 Å². The lowest BCUT2D eigenvalue weighted by Crippen LogP contribution is -2.02. The summed E-state index contributed by atoms with van der Waals surface area (Å²) in [6, 6.07) is 5.63. The monoisotopic (exact) mass is 223 g/mol. The first-order valence-electron chi connectivity index (χ1n) is 3.48. The Hall–Kier alpha value is -1.09. The number of carbonyl (C=O) groups is 1. The molecule has 1 aliphatic rings. The molecule has 0 radical (unpaired) electrons. The van der Waals surface area contributed by atoms with Gasteiger partial charge in [-0.05, 0) is 18.2 Å². The van der Waals surface area contributed by atoms with E-state index in [0.29, 0.717) is 5.57 Å². The van der Waals surface area contributed by atoms with Gasteiger partial charge in [-0.3, -0.25) is 4.79 Å². The molecule has 1 aromatic carbocycles. The van der Waals surface area contributed by atoms with Crippen molar-refractivity contribution in [3.05, 3.63) is 34.8 Å². The Kier molecular flexibility index (Phi) is 1.54. The number of halogens is 1. The summed E-state index contributed by atoms with van der Waals surface area (Å²) in [5.74, 6) is -0.108. The maximum Gasteiger partial charge on any atom is 0.255 e. The minimum Gasteiger partial charge on any atom is -0.321 e. The molecule has 2 rings (SSSR count). The van der Waals surface area contributed by atoms with Crippen LogP contribution in [0.3, 0.4) is 0 Å². The molecule has 3 heteroatoms. The summed E-state index contributed by atoms with van der Waals surface area (Å²) < 4.78 is 0.957. The number of carbonyl (C=O) groups excluding carboxylic acids is 1. The van der Waals surface area contributed by atoms with Crippen molar-refractivity contribution in [1.82, 2.24) is 0 Å². The quantitative estimate of drug-likeness (QED) is 0.673. The van der Waals surface area contributed by atoms with Crippen molar-refractivity contribution in [3.8, 4) is 0 Å². The normalized spacial score (nSPS) is 14.4. The average Bonchev–Trinajstić information content (AvgIpc) is 2.31. The van der Waals surface area contributed by atoms with E-state index >= 15 is 0 Å². The largest absolute Gasteiger partial charge is 0.321 e. The van der Waals surface area contributed by atoms with Gasteiger partial charge >= 0.3 is 0 Å². The third-order valence-corrected chi connectivity index (χ3v) is 2.32. The molecule has 0 atom stereocenters. The van der Waals surface area contributed by atoms with Crippen molar-refractivity contribution < 1.29 is 4.79 Å². The van der Waals surface area contributed by atoms with Gasteiger partial charge in [-0.25, -0.2) is 0 Å². The third kappa shape index (κ3) is 0.975. The van der Waals surface area contributed by atoms with Crippen molar-refractivity contribution >= 4 is 33.1 Å². The molecule has 1 aromatic rings. The number of hydrogen-bond donors (Lipinski definition) is 1. The Morgan fingerprint density at radius 2 is 2.17 bits per heavy atom. The molecule has 0 saturated heterocycles. The number of fused-ring (bicyclic) bond motifs is 1. The summed E-state index contributed by atoms with van der Waals surface area (Å²) in [7, 11) is 0. The van der Waals surface area contributed by atoms with Crippen LogP contribution < -0.4 is 5.32 Å². The van der Waals surface area contributed by atoms with Crippen LogP contribution in [0, 0.1) is 0 Å². The van der Waals surface area contributed by atoms with Crippen molar-refractivity contribution in [2.24, 2.45) is 0 Å². The van der Waals surface area contributed by atoms with E-state index in [4.69, 9.17) is 0 Å². The molecule has 1 amide bonds. The molecule has 1 N–H and O–H groups in total. The molecular weight excluding hydrogens is 218 g/mol. The summed E-state index contributed by atoms with van der Waals surface area (Å²) >= 11 is 3.33. The molecule has 0 saturated carbocycles. The first-order chi connectivity index (χ1) is 5.68. The zero-order valence-corrected chi connectivity index (χ0v) is 7.81. The van der Waals surface area contributed by atoms with Crippen LogP contribution in [0.5, 0.6) is 0 Å². The second-order valence-electron chi connectivity index (χ2n) is 2.62. The fraction of sp³-hybridized carbons (Fsp3) is 0. The van der Waals surface area contributed by atoms with Crippen molar-refractivity contribution in [3.63, 3.8) is 0 Å². The molecule has 2 nitrogen and oxygen atoms in total. The summed E-state index contributed by atoms with van der Waals surface area (Å²) in [6.07, 6.45) is 0. The van der Waals surface area contributed by atoms with Gasteiger partial charge in [-0.2, -0.15) is 0 Å². The highest BCUT2D eigenvalue weighted by atomic mass is 79.9. The minimum atomic E-state index is -0.108. The van der Waals surface area contributed by atoms with Crippen LogP contribution in [0.1, 0.15) is 5.56 Å². The lowest BCUT2D eigenvalue weighted by molar-refractivity contribution is -0.110. The fourth-order valence-electron chi connectivity index (χ4n) is 1.20. The van der Waals surface area contributed by atoms with E-state index < -0.39 is 0 Å². The van der Waals surface area contributed by atoms with Crippen LogP contribution in [0.15, 0.2) is 29.3 Å². The average molecular weight is 224 g/mol. The number of anilines is 1. The van der Waals surface area contributed by atoms with Crippen LogP contribution in [0.25, 0.3) is 5.57 Å². The highest BCUT2D eigenvalue weighted by molar-refractivity contribution is 9.10. The zero-order valence-electron chi connectivity index (χ0n) is 6.23. The van der Waals surface area contributed by atoms with E-state index in [9.17, 15) is 4.79 Å². The van der Waals surface area contributed by atoms with Gasteiger partial charge in [0.25, 0.3) is 5.91 Å². The van der Waals surface area contributed by atoms with Crippen LogP contribution in [0.4, 0.5) is 5.69 Å². The Bertz CT molecular complexity index is 384. The molecule has 0 bridgehead atoms. The summed E-state index contributed by atoms with van der Waals surface area (Å²) in [6.45, 7) is 3.68. The Morgan fingerprint density at radius 3 is 2.92 bits per heavy atom. The van der Waals surface area contributed by atoms with E-state index in [1.54, 1.807) is 0 Å². The van der Waals surface area contributed by atoms with Gasteiger partial charge in [0, 0.05) is 21.3 Å². The van der Waals surface area contributed by atoms with E-state index in [-0.39, 0.29) is 5.91 Å². The topological polar surface area (TPSA) is 29.1 Å². The highest BCUT2D eigenvalue weighted by Gasteiger charge is 2.21. The first-order valence-corrected chi connectivity index (χ1v) is 4.28. The maximum atomic E-state index is 11.1. The van der Waals surface area contributed by atoms with Gasteiger partial charge in [0.05, 0.1) is 0 Å². The molecule has 1 aliphatic heterocycles. The van der Waals surface area contributed by atoms with Crippen molar-refractivity contribution in [2.75, 3.05) is 5.32 Å². The molecule has 60 valence electrons. The fourth-order valence-corrected chi connectivity index (χ4v) is 1.56. The zero-order chi connectivity index (χ0) is 8.72. The SMILES string of the molecule is C=C1C(=O)Nc2ccc(Br)cc21. The Labute approximate surface area is 78.4 Å². The molecule has 12 heavy (non-hydrogen) atoms. The van der Waals surface area contributed by atoms with Crippen LogP contribution in [-0.4, -0.2) is 5.91 Å². The smallest absolute Gasteiger partial charge is 0.255 e. The number of hydrogen-bond acceptors (Lipinski definition) is 1. The van der Waals surface area contributed by atoms with E-state index in [1.807, 2.05) is 18.2 Å². The van der Waals surface area contributed by atoms with Gasteiger partial charge in [0.2, 0.25) is 0 Å². The number of nitrogens with one attached hydrogen (secondary N) is 1. The predicted octanol–water partition coefficient (Wildman–Crippen LogP) is 2.41. The molecule has 0 aromatic heterocycles. The predicted molar refractivity (Wildman–Crippen MR) is 51.8 cm³/mol. The van der Waals surface area contributed by atoms with Crippen LogP contribution in [-0.2, 0) is 4.79 Å². The minimum absolute atomic E-state index is 0.108. The number of benzene rings is 1. The molecule has 0 unspecified atom stereocenters. The van der Waals surface area contributed by atoms with Gasteiger partial charge in [-0.1, -0.05) is 22.5 Å². The van der Waals surface area contributed by atoms with Crippen molar-refractivity contribution in [2.45, 2.75) is 0 Å². The second-order valence-corrected chi connectivity index (χ2v) is 3.54. The number of amides is 1. The van der Waals surface area contributed by atoms with Gasteiger partial charge in [-0.15, -0.1) is 0 Å². The van der Waals surface area contributed by atoms with Gasteiger partial charge < -0.3 is 5.32 Å². The van der Waals surface area contributed by atoms with E-state index in [2.05, 4.69) is 27.8 Å². The molecule has 0 fully saturated rings. The Morgan fingerprint density at radius 1 is 1.42 bits per heavy atom. The lowest BCUT2D eigenvalue weighted by atomic mass is 10.1. The third-order valence-electron chi connectivity index (χ3n) is 1.83. The lowest BCUT2D eigenvalue weighted by Gasteiger charge is -1.96. The highest BCUT2D eigenvalue weighted by Crippen LogP contribution is 2.32. The molecule has 0 spiro atoms. The van der Waals surface area contributed by atoms with Crippen LogP contribution in [0.2, 0.25) is 0 Å². The standard InChI is InChI=1S/C9H6BrNO/c1-5-7-4-6(10)2-3-8(7)11-9(5)12/h2-4H,1H2,(H,11,12). The van der Waals surface area contributed by atoms with Gasteiger partial charge in [0.15, 0.2) is 0 Å².